The molecular weight excluding hydrogens is 498 g/mol. The number of nitrogens with one attached hydrogen (secondary N) is 1. The van der Waals surface area contributed by atoms with Crippen LogP contribution in [0.4, 0.5) is 0 Å². The van der Waals surface area contributed by atoms with Gasteiger partial charge in [-0.25, -0.2) is 0 Å². The Kier molecular flexibility index (Phi) is 7.83. The van der Waals surface area contributed by atoms with E-state index in [1.165, 1.54) is 4.90 Å². The second-order valence-corrected chi connectivity index (χ2v) is 10.1. The van der Waals surface area contributed by atoms with Crippen LogP contribution in [0, 0.1) is 0 Å². The van der Waals surface area contributed by atoms with E-state index in [9.17, 15) is 14.4 Å². The molecule has 2 fully saturated rings. The van der Waals surface area contributed by atoms with Gasteiger partial charge in [-0.2, -0.15) is 0 Å². The lowest BCUT2D eigenvalue weighted by Crippen LogP contribution is -2.56. The summed E-state index contributed by atoms with van der Waals surface area (Å²) in [5.74, 6) is -1.82. The third-order valence-electron chi connectivity index (χ3n) is 7.64. The van der Waals surface area contributed by atoms with Crippen LogP contribution in [0.25, 0.3) is 0 Å². The van der Waals surface area contributed by atoms with Gasteiger partial charge < -0.3 is 19.3 Å². The zero-order chi connectivity index (χ0) is 28.9. The van der Waals surface area contributed by atoms with E-state index >= 15 is 0 Å². The van der Waals surface area contributed by atoms with Crippen molar-refractivity contribution in [3.63, 3.8) is 0 Å². The number of hydrogen-bond donors (Lipinski definition) is 1. The summed E-state index contributed by atoms with van der Waals surface area (Å²) >= 11 is 0. The first-order valence-corrected chi connectivity index (χ1v) is 12.8. The summed E-state index contributed by atoms with van der Waals surface area (Å²) in [6.07, 6.45) is 0.337. The highest BCUT2D eigenvalue weighted by atomic mass is 16.5. The Bertz CT molecular complexity index is 1370. The number of ether oxygens (including phenoxy) is 2. The molecule has 0 aromatic heterocycles. The first-order valence-electron chi connectivity index (χ1n) is 12.8. The molecular formula is C25H20B7N3O5. The van der Waals surface area contributed by atoms with E-state index in [0.29, 0.717) is 43.0 Å². The van der Waals surface area contributed by atoms with Crippen LogP contribution in [0.1, 0.15) is 45.8 Å². The van der Waals surface area contributed by atoms with Crippen molar-refractivity contribution in [1.29, 1.82) is 0 Å². The summed E-state index contributed by atoms with van der Waals surface area (Å²) in [4.78, 5) is 40.5. The van der Waals surface area contributed by atoms with Crippen LogP contribution in [0.15, 0.2) is 18.2 Å². The highest BCUT2D eigenvalue weighted by Crippen LogP contribution is 2.35. The van der Waals surface area contributed by atoms with Gasteiger partial charge in [-0.05, 0) is 30.1 Å². The van der Waals surface area contributed by atoms with Crippen molar-refractivity contribution < 1.29 is 23.9 Å². The highest BCUT2D eigenvalue weighted by molar-refractivity contribution is 6.60. The summed E-state index contributed by atoms with van der Waals surface area (Å²) in [5, 5.41) is 0.145. The van der Waals surface area contributed by atoms with Crippen molar-refractivity contribution in [2.45, 2.75) is 36.8 Å². The average Bonchev–Trinajstić information content (AvgIpc) is 3.25. The molecule has 14 radical (unpaired) electrons. The second kappa shape index (κ2) is 10.9. The van der Waals surface area contributed by atoms with Crippen LogP contribution in [-0.2, 0) is 26.3 Å². The van der Waals surface area contributed by atoms with E-state index in [1.54, 1.807) is 18.2 Å². The number of morpholine rings is 1. The Morgan fingerprint density at radius 2 is 1.65 bits per heavy atom. The Balaban J connectivity index is 1.46. The molecule has 3 aliphatic rings. The fourth-order valence-electron chi connectivity index (χ4n) is 5.51. The SMILES string of the molecule is [B]c1c([B])c(C([B])([B])Oc2cccc3c2CN(C2CCC(=O)NC2=O)C3=O)c([B])c([B])c1C([B])N1CCOCC1. The summed E-state index contributed by atoms with van der Waals surface area (Å²) < 4.78 is 11.4. The van der Waals surface area contributed by atoms with E-state index in [2.05, 4.69) is 5.32 Å². The number of amides is 3. The topological polar surface area (TPSA) is 88.2 Å². The zero-order valence-electron chi connectivity index (χ0n) is 21.8. The highest BCUT2D eigenvalue weighted by Gasteiger charge is 2.41. The Morgan fingerprint density at radius 1 is 1.00 bits per heavy atom. The molecule has 8 nitrogen and oxygen atoms in total. The minimum absolute atomic E-state index is 0.0370. The standard InChI is InChI=1S/C25H20B7N3O5/c26-18-16(22(30)34-6-8-39-9-7-34)19(27)21(29)17(20(18)28)25(31,32)40-14-3-1-2-11-12(14)10-35(24(11)38)13-4-5-15(36)33-23(13)37/h1-3,13,22H,4-10H2,(H,33,36,37). The largest absolute Gasteiger partial charge is 0.502 e. The number of piperidine rings is 1. The van der Waals surface area contributed by atoms with E-state index in [1.807, 2.05) is 4.90 Å². The molecule has 0 spiro atoms. The maximum absolute atomic E-state index is 13.2. The molecule has 1 N–H and O–H groups in total. The number of carbonyl (C=O) groups is 3. The molecule has 5 rings (SSSR count). The fourth-order valence-corrected chi connectivity index (χ4v) is 5.51. The molecule has 3 amide bonds. The molecule has 2 atom stereocenters. The minimum atomic E-state index is -2.13. The number of carbonyl (C=O) groups excluding carboxylic acids is 3. The van der Waals surface area contributed by atoms with Crippen LogP contribution in [0.3, 0.4) is 0 Å². The van der Waals surface area contributed by atoms with Crippen molar-refractivity contribution in [3.05, 3.63) is 40.5 Å². The van der Waals surface area contributed by atoms with Crippen molar-refractivity contribution in [2.75, 3.05) is 26.3 Å². The lowest BCUT2D eigenvalue weighted by molar-refractivity contribution is -0.136. The maximum Gasteiger partial charge on any atom is 0.255 e. The van der Waals surface area contributed by atoms with Gasteiger partial charge >= 0.3 is 0 Å². The van der Waals surface area contributed by atoms with Gasteiger partial charge in [0, 0.05) is 36.0 Å². The van der Waals surface area contributed by atoms with E-state index in [0.717, 1.165) is 0 Å². The van der Waals surface area contributed by atoms with Gasteiger partial charge in [-0.1, -0.05) is 33.5 Å². The van der Waals surface area contributed by atoms with Gasteiger partial charge in [0.2, 0.25) is 11.8 Å². The molecule has 3 aliphatic heterocycles. The Morgan fingerprint density at radius 3 is 2.27 bits per heavy atom. The summed E-state index contributed by atoms with van der Waals surface area (Å²) in [6.45, 7) is 2.18. The first kappa shape index (κ1) is 28.7. The third kappa shape index (κ3) is 4.96. The number of nitrogens with zero attached hydrogens (tertiary/aromatic N) is 2. The zero-order valence-corrected chi connectivity index (χ0v) is 21.8. The quantitative estimate of drug-likeness (QED) is 0.308. The first-order chi connectivity index (χ1) is 18.9. The molecule has 2 unspecified atom stereocenters. The van der Waals surface area contributed by atoms with Crippen LogP contribution < -0.4 is 31.9 Å². The Hall–Kier alpha value is -2.78. The third-order valence-corrected chi connectivity index (χ3v) is 7.64. The smallest absolute Gasteiger partial charge is 0.255 e. The number of fused-ring (bicyclic) bond motifs is 1. The molecule has 2 aromatic carbocycles. The van der Waals surface area contributed by atoms with Crippen LogP contribution in [0.5, 0.6) is 5.75 Å². The minimum Gasteiger partial charge on any atom is -0.502 e. The van der Waals surface area contributed by atoms with E-state index in [-0.39, 0.29) is 64.4 Å². The van der Waals surface area contributed by atoms with Crippen molar-refractivity contribution in [1.82, 2.24) is 15.1 Å². The van der Waals surface area contributed by atoms with Gasteiger partial charge in [0.1, 0.15) is 58.9 Å². The van der Waals surface area contributed by atoms with Gasteiger partial charge in [-0.15, -0.1) is 0 Å². The molecule has 40 heavy (non-hydrogen) atoms. The van der Waals surface area contributed by atoms with Crippen LogP contribution in [-0.4, -0.2) is 115 Å². The number of benzene rings is 2. The van der Waals surface area contributed by atoms with Gasteiger partial charge in [0.25, 0.3) is 5.91 Å². The molecule has 0 saturated carbocycles. The molecule has 0 bridgehead atoms. The lowest BCUT2D eigenvalue weighted by atomic mass is 9.51. The lowest BCUT2D eigenvalue weighted by Gasteiger charge is -2.39. The molecule has 0 aliphatic carbocycles. The van der Waals surface area contributed by atoms with E-state index in [4.69, 9.17) is 64.4 Å². The maximum atomic E-state index is 13.2. The molecule has 2 saturated heterocycles. The van der Waals surface area contributed by atoms with E-state index < -0.39 is 23.3 Å². The summed E-state index contributed by atoms with van der Waals surface area (Å²) in [7, 11) is 45.0. The second-order valence-electron chi connectivity index (χ2n) is 10.1. The number of imide groups is 1. The van der Waals surface area contributed by atoms with Crippen LogP contribution >= 0.6 is 0 Å². The monoisotopic (exact) mass is 519 g/mol. The van der Waals surface area contributed by atoms with Gasteiger partial charge in [0.15, 0.2) is 0 Å². The fraction of sp³-hybridized carbons (Fsp3) is 0.400. The Labute approximate surface area is 242 Å². The van der Waals surface area contributed by atoms with Crippen molar-refractivity contribution in [3.8, 4) is 5.75 Å². The van der Waals surface area contributed by atoms with Crippen molar-refractivity contribution in [2.24, 2.45) is 0 Å². The van der Waals surface area contributed by atoms with Crippen LogP contribution in [0.2, 0.25) is 0 Å². The number of hydrogen-bond acceptors (Lipinski definition) is 6. The van der Waals surface area contributed by atoms with Gasteiger partial charge in [0.05, 0.1) is 27.6 Å². The normalized spacial score (nSPS) is 20.8. The predicted molar refractivity (Wildman–Crippen MR) is 155 cm³/mol. The molecule has 15 heteroatoms. The molecule has 186 valence electrons. The number of rotatable bonds is 6. The summed E-state index contributed by atoms with van der Waals surface area (Å²) in [6, 6.07) is 3.97. The molecule has 2 aromatic rings. The average molecular weight is 518 g/mol. The van der Waals surface area contributed by atoms with Gasteiger partial charge in [-0.3, -0.25) is 19.7 Å². The predicted octanol–water partition coefficient (Wildman–Crippen LogP) is -4.35. The summed E-state index contributed by atoms with van der Waals surface area (Å²) in [5.41, 5.74) is 1.15. The van der Waals surface area contributed by atoms with Crippen molar-refractivity contribution >= 4 is 94.5 Å². The molecule has 3 heterocycles.